The Morgan fingerprint density at radius 3 is 2.54 bits per heavy atom. The monoisotopic (exact) mass is 345 g/mol. The average Bonchev–Trinajstić information content (AvgIpc) is 2.61. The van der Waals surface area contributed by atoms with Gasteiger partial charge in [-0.15, -0.1) is 0 Å². The fourth-order valence-corrected chi connectivity index (χ4v) is 3.83. The van der Waals surface area contributed by atoms with Crippen LogP contribution in [0.15, 0.2) is 42.5 Å². The second kappa shape index (κ2) is 7.57. The smallest absolute Gasteiger partial charge is 0.128 e. The third kappa shape index (κ3) is 3.59. The summed E-state index contributed by atoms with van der Waals surface area (Å²) < 4.78 is 14.2. The predicted octanol–water partition coefficient (Wildman–Crippen LogP) is 6.38. The third-order valence-electron chi connectivity index (χ3n) is 5.32. The zero-order valence-corrected chi connectivity index (χ0v) is 15.2. The number of rotatable bonds is 4. The number of nitrogens with zero attached hydrogens (tertiary/aromatic N) is 1. The highest BCUT2D eigenvalue weighted by molar-refractivity contribution is 6.30. The van der Waals surface area contributed by atoms with Crippen molar-refractivity contribution in [3.8, 4) is 0 Å². The van der Waals surface area contributed by atoms with Crippen LogP contribution in [-0.2, 0) is 0 Å². The maximum absolute atomic E-state index is 14.2. The molecule has 0 aromatic heterocycles. The molecule has 1 saturated heterocycles. The van der Waals surface area contributed by atoms with Gasteiger partial charge in [0.25, 0.3) is 0 Å². The molecule has 24 heavy (non-hydrogen) atoms. The summed E-state index contributed by atoms with van der Waals surface area (Å²) >= 11 is 5.87. The molecule has 128 valence electrons. The summed E-state index contributed by atoms with van der Waals surface area (Å²) in [5, 5.41) is 0.469. The number of anilines is 1. The van der Waals surface area contributed by atoms with E-state index in [0.717, 1.165) is 37.9 Å². The van der Waals surface area contributed by atoms with Gasteiger partial charge in [0.05, 0.1) is 0 Å². The first-order valence-corrected chi connectivity index (χ1v) is 9.26. The maximum atomic E-state index is 14.2. The van der Waals surface area contributed by atoms with E-state index in [2.05, 4.69) is 43.0 Å². The predicted molar refractivity (Wildman–Crippen MR) is 101 cm³/mol. The van der Waals surface area contributed by atoms with Gasteiger partial charge in [-0.3, -0.25) is 0 Å². The zero-order valence-electron chi connectivity index (χ0n) is 14.4. The highest BCUT2D eigenvalue weighted by atomic mass is 35.5. The van der Waals surface area contributed by atoms with Crippen LogP contribution >= 0.6 is 11.6 Å². The number of piperidine rings is 1. The molecule has 1 fully saturated rings. The van der Waals surface area contributed by atoms with Crippen molar-refractivity contribution in [2.24, 2.45) is 0 Å². The molecule has 0 saturated carbocycles. The Kier molecular flexibility index (Phi) is 5.45. The van der Waals surface area contributed by atoms with Crippen LogP contribution < -0.4 is 4.90 Å². The third-order valence-corrected chi connectivity index (χ3v) is 5.55. The van der Waals surface area contributed by atoms with E-state index in [0.29, 0.717) is 10.9 Å². The molecular weight excluding hydrogens is 321 g/mol. The second-order valence-electron chi connectivity index (χ2n) is 6.80. The SMILES string of the molecule is CCC(C)c1ccccc1N1CCC(c2ccc(Cl)cc2F)CC1. The Bertz CT molecular complexity index is 692. The lowest BCUT2D eigenvalue weighted by atomic mass is 9.88. The van der Waals surface area contributed by atoms with Crippen LogP contribution in [0.5, 0.6) is 0 Å². The Balaban J connectivity index is 1.74. The molecule has 1 aliphatic heterocycles. The van der Waals surface area contributed by atoms with E-state index < -0.39 is 0 Å². The highest BCUT2D eigenvalue weighted by Crippen LogP contribution is 2.36. The van der Waals surface area contributed by atoms with E-state index >= 15 is 0 Å². The van der Waals surface area contributed by atoms with Crippen LogP contribution in [-0.4, -0.2) is 13.1 Å². The Labute approximate surface area is 149 Å². The van der Waals surface area contributed by atoms with E-state index in [-0.39, 0.29) is 11.7 Å². The van der Waals surface area contributed by atoms with Gasteiger partial charge in [-0.2, -0.15) is 0 Å². The van der Waals surface area contributed by atoms with Crippen molar-refractivity contribution in [3.05, 3.63) is 64.4 Å². The number of halogens is 2. The van der Waals surface area contributed by atoms with Gasteiger partial charge in [-0.25, -0.2) is 4.39 Å². The van der Waals surface area contributed by atoms with Crippen molar-refractivity contribution in [3.63, 3.8) is 0 Å². The minimum Gasteiger partial charge on any atom is -0.371 e. The van der Waals surface area contributed by atoms with Gasteiger partial charge in [0.1, 0.15) is 5.82 Å². The molecule has 1 heterocycles. The molecule has 1 nitrogen and oxygen atoms in total. The quantitative estimate of drug-likeness (QED) is 0.621. The summed E-state index contributed by atoms with van der Waals surface area (Å²) in [6.07, 6.45) is 3.10. The zero-order chi connectivity index (χ0) is 17.1. The van der Waals surface area contributed by atoms with E-state index in [1.807, 2.05) is 6.07 Å². The molecule has 1 unspecified atom stereocenters. The molecule has 0 spiro atoms. The summed E-state index contributed by atoms with van der Waals surface area (Å²) in [5.74, 6) is 0.683. The largest absolute Gasteiger partial charge is 0.371 e. The van der Waals surface area contributed by atoms with Crippen molar-refractivity contribution in [1.29, 1.82) is 0 Å². The summed E-state index contributed by atoms with van der Waals surface area (Å²) in [5.41, 5.74) is 3.59. The number of para-hydroxylation sites is 1. The van der Waals surface area contributed by atoms with Crippen molar-refractivity contribution in [1.82, 2.24) is 0 Å². The minimum atomic E-state index is -0.166. The molecule has 2 aromatic rings. The van der Waals surface area contributed by atoms with Crippen LogP contribution in [0.4, 0.5) is 10.1 Å². The number of hydrogen-bond acceptors (Lipinski definition) is 1. The van der Waals surface area contributed by atoms with Crippen LogP contribution in [0.25, 0.3) is 0 Å². The van der Waals surface area contributed by atoms with Gasteiger partial charge in [-0.1, -0.05) is 49.7 Å². The summed E-state index contributed by atoms with van der Waals surface area (Å²) in [6.45, 7) is 6.46. The first-order chi connectivity index (χ1) is 11.6. The van der Waals surface area contributed by atoms with E-state index in [1.54, 1.807) is 6.07 Å². The Hall–Kier alpha value is -1.54. The van der Waals surface area contributed by atoms with Crippen LogP contribution in [0.1, 0.15) is 56.1 Å². The van der Waals surface area contributed by atoms with Gasteiger partial charge < -0.3 is 4.90 Å². The van der Waals surface area contributed by atoms with Crippen molar-refractivity contribution in [2.75, 3.05) is 18.0 Å². The lowest BCUT2D eigenvalue weighted by Crippen LogP contribution is -2.33. The summed E-state index contributed by atoms with van der Waals surface area (Å²) in [7, 11) is 0. The van der Waals surface area contributed by atoms with Crippen molar-refractivity contribution < 1.29 is 4.39 Å². The fourth-order valence-electron chi connectivity index (χ4n) is 3.68. The molecule has 3 rings (SSSR count). The maximum Gasteiger partial charge on any atom is 0.128 e. The normalized spacial score (nSPS) is 17.1. The van der Waals surface area contributed by atoms with E-state index in [4.69, 9.17) is 11.6 Å². The molecule has 2 aromatic carbocycles. The lowest BCUT2D eigenvalue weighted by molar-refractivity contribution is 0.480. The topological polar surface area (TPSA) is 3.24 Å². The van der Waals surface area contributed by atoms with Gasteiger partial charge in [0.15, 0.2) is 0 Å². The molecular formula is C21H25ClFN. The lowest BCUT2D eigenvalue weighted by Gasteiger charge is -2.36. The number of hydrogen-bond donors (Lipinski definition) is 0. The first-order valence-electron chi connectivity index (χ1n) is 8.89. The number of benzene rings is 2. The Morgan fingerprint density at radius 1 is 1.17 bits per heavy atom. The minimum absolute atomic E-state index is 0.166. The van der Waals surface area contributed by atoms with Gasteiger partial charge >= 0.3 is 0 Å². The van der Waals surface area contributed by atoms with Crippen molar-refractivity contribution >= 4 is 17.3 Å². The standard InChI is InChI=1S/C21H25ClFN/c1-3-15(2)18-6-4-5-7-21(18)24-12-10-16(11-13-24)19-9-8-17(22)14-20(19)23/h4-9,14-16H,3,10-13H2,1-2H3. The Morgan fingerprint density at radius 2 is 1.88 bits per heavy atom. The van der Waals surface area contributed by atoms with Gasteiger partial charge in [0.2, 0.25) is 0 Å². The molecule has 1 aliphatic rings. The van der Waals surface area contributed by atoms with Gasteiger partial charge in [-0.05, 0) is 60.4 Å². The molecule has 0 N–H and O–H groups in total. The molecule has 1 atom stereocenters. The van der Waals surface area contributed by atoms with Crippen LogP contribution in [0.2, 0.25) is 5.02 Å². The van der Waals surface area contributed by atoms with E-state index in [1.165, 1.54) is 17.3 Å². The van der Waals surface area contributed by atoms with Crippen LogP contribution in [0.3, 0.4) is 0 Å². The van der Waals surface area contributed by atoms with Crippen molar-refractivity contribution in [2.45, 2.75) is 44.9 Å². The van der Waals surface area contributed by atoms with E-state index in [9.17, 15) is 4.39 Å². The average molecular weight is 346 g/mol. The summed E-state index contributed by atoms with van der Waals surface area (Å²) in [6, 6.07) is 13.8. The summed E-state index contributed by atoms with van der Waals surface area (Å²) in [4.78, 5) is 2.46. The molecule has 0 radical (unpaired) electrons. The first kappa shape index (κ1) is 17.3. The molecule has 0 bridgehead atoms. The highest BCUT2D eigenvalue weighted by Gasteiger charge is 2.24. The second-order valence-corrected chi connectivity index (χ2v) is 7.23. The molecule has 3 heteroatoms. The molecule has 0 amide bonds. The van der Waals surface area contributed by atoms with Crippen LogP contribution in [0, 0.1) is 5.82 Å². The van der Waals surface area contributed by atoms with Gasteiger partial charge in [0, 0.05) is 23.8 Å². The molecule has 0 aliphatic carbocycles. The fraction of sp³-hybridized carbons (Fsp3) is 0.429.